The summed E-state index contributed by atoms with van der Waals surface area (Å²) in [5.74, 6) is 1.78. The minimum atomic E-state index is 0.188. The molecule has 0 saturated carbocycles. The molecule has 1 aliphatic rings. The van der Waals surface area contributed by atoms with E-state index in [4.69, 9.17) is 9.47 Å². The quantitative estimate of drug-likeness (QED) is 0.763. The Hall–Kier alpha value is -1.48. The van der Waals surface area contributed by atoms with Gasteiger partial charge in [-0.3, -0.25) is 0 Å². The smallest absolute Gasteiger partial charge is 0.179 e. The van der Waals surface area contributed by atoms with Crippen LogP contribution in [0.2, 0.25) is 0 Å². The summed E-state index contributed by atoms with van der Waals surface area (Å²) in [6.45, 7) is 7.97. The zero-order chi connectivity index (χ0) is 13.5. The van der Waals surface area contributed by atoms with Gasteiger partial charge in [-0.2, -0.15) is 0 Å². The standard InChI is InChI=1S/C16H18O2S/c1-16(2,3)12-6-4-11(5-7-12)15-14-13(10-19-15)17-8-9-18-14/h4-7,10H,8-9H2,1-3H3. The van der Waals surface area contributed by atoms with Gasteiger partial charge in [0.1, 0.15) is 13.2 Å². The molecule has 0 N–H and O–H groups in total. The minimum Gasteiger partial charge on any atom is -0.485 e. The first-order valence-corrected chi connectivity index (χ1v) is 7.42. The highest BCUT2D eigenvalue weighted by molar-refractivity contribution is 7.14. The molecule has 0 saturated heterocycles. The van der Waals surface area contributed by atoms with Gasteiger partial charge in [-0.25, -0.2) is 0 Å². The second-order valence-corrected chi connectivity index (χ2v) is 6.66. The Labute approximate surface area is 118 Å². The maximum atomic E-state index is 5.73. The zero-order valence-corrected chi connectivity index (χ0v) is 12.3. The fourth-order valence-electron chi connectivity index (χ4n) is 2.18. The first-order chi connectivity index (χ1) is 9.05. The summed E-state index contributed by atoms with van der Waals surface area (Å²) < 4.78 is 11.3. The van der Waals surface area contributed by atoms with Gasteiger partial charge in [-0.15, -0.1) is 11.3 Å². The molecule has 0 amide bonds. The van der Waals surface area contributed by atoms with E-state index >= 15 is 0 Å². The third-order valence-corrected chi connectivity index (χ3v) is 4.30. The predicted molar refractivity (Wildman–Crippen MR) is 79.4 cm³/mol. The Kier molecular flexibility index (Phi) is 3.02. The summed E-state index contributed by atoms with van der Waals surface area (Å²) in [6.07, 6.45) is 0. The topological polar surface area (TPSA) is 18.5 Å². The van der Waals surface area contributed by atoms with E-state index in [2.05, 4.69) is 45.0 Å². The molecule has 0 radical (unpaired) electrons. The summed E-state index contributed by atoms with van der Waals surface area (Å²) in [6, 6.07) is 8.74. The van der Waals surface area contributed by atoms with Crippen molar-refractivity contribution in [2.45, 2.75) is 26.2 Å². The first kappa shape index (κ1) is 12.5. The summed E-state index contributed by atoms with van der Waals surface area (Å²) in [5, 5.41) is 2.03. The van der Waals surface area contributed by atoms with Gasteiger partial charge in [0.15, 0.2) is 11.5 Å². The lowest BCUT2D eigenvalue weighted by Crippen LogP contribution is -2.14. The molecular formula is C16H18O2S. The molecule has 2 nitrogen and oxygen atoms in total. The minimum absolute atomic E-state index is 0.188. The normalized spacial score (nSPS) is 14.5. The maximum absolute atomic E-state index is 5.73. The summed E-state index contributed by atoms with van der Waals surface area (Å²) in [7, 11) is 0. The lowest BCUT2D eigenvalue weighted by atomic mass is 9.86. The second-order valence-electron chi connectivity index (χ2n) is 5.78. The van der Waals surface area contributed by atoms with Crippen molar-refractivity contribution in [3.8, 4) is 21.9 Å². The van der Waals surface area contributed by atoms with Crippen LogP contribution in [0.15, 0.2) is 29.6 Å². The maximum Gasteiger partial charge on any atom is 0.179 e. The van der Waals surface area contributed by atoms with E-state index in [9.17, 15) is 0 Å². The van der Waals surface area contributed by atoms with Crippen LogP contribution in [0.1, 0.15) is 26.3 Å². The average Bonchev–Trinajstić information content (AvgIpc) is 2.82. The fraction of sp³-hybridized carbons (Fsp3) is 0.375. The van der Waals surface area contributed by atoms with Gasteiger partial charge in [0.05, 0.1) is 4.88 Å². The molecule has 3 heteroatoms. The van der Waals surface area contributed by atoms with Crippen molar-refractivity contribution in [1.29, 1.82) is 0 Å². The van der Waals surface area contributed by atoms with Gasteiger partial charge in [0, 0.05) is 5.38 Å². The SMILES string of the molecule is CC(C)(C)c1ccc(-c2scc3c2OCCO3)cc1. The van der Waals surface area contributed by atoms with Crippen LogP contribution in [0.3, 0.4) is 0 Å². The molecular weight excluding hydrogens is 256 g/mol. The Balaban J connectivity index is 1.97. The van der Waals surface area contributed by atoms with E-state index in [1.807, 2.05) is 5.38 Å². The first-order valence-electron chi connectivity index (χ1n) is 6.54. The van der Waals surface area contributed by atoms with Gasteiger partial charge >= 0.3 is 0 Å². The summed E-state index contributed by atoms with van der Waals surface area (Å²) in [5.41, 5.74) is 2.73. The van der Waals surface area contributed by atoms with E-state index in [1.165, 1.54) is 11.1 Å². The van der Waals surface area contributed by atoms with E-state index in [1.54, 1.807) is 11.3 Å². The fourth-order valence-corrected chi connectivity index (χ4v) is 3.12. The Bertz CT molecular complexity index is 576. The monoisotopic (exact) mass is 274 g/mol. The predicted octanol–water partition coefficient (Wildman–Crippen LogP) is 4.48. The summed E-state index contributed by atoms with van der Waals surface area (Å²) in [4.78, 5) is 1.16. The molecule has 0 fully saturated rings. The molecule has 1 aliphatic heterocycles. The number of ether oxygens (including phenoxy) is 2. The third kappa shape index (κ3) is 2.35. The van der Waals surface area contributed by atoms with Gasteiger partial charge < -0.3 is 9.47 Å². The Morgan fingerprint density at radius 1 is 1.00 bits per heavy atom. The van der Waals surface area contributed by atoms with Crippen LogP contribution in [-0.4, -0.2) is 13.2 Å². The summed E-state index contributed by atoms with van der Waals surface area (Å²) >= 11 is 1.68. The lowest BCUT2D eigenvalue weighted by Gasteiger charge is -2.19. The molecule has 0 atom stereocenters. The molecule has 3 rings (SSSR count). The van der Waals surface area contributed by atoms with Crippen LogP contribution >= 0.6 is 11.3 Å². The molecule has 0 unspecified atom stereocenters. The van der Waals surface area contributed by atoms with Crippen molar-refractivity contribution >= 4 is 11.3 Å². The molecule has 2 aromatic rings. The van der Waals surface area contributed by atoms with Crippen molar-refractivity contribution in [2.75, 3.05) is 13.2 Å². The van der Waals surface area contributed by atoms with E-state index in [0.717, 1.165) is 16.4 Å². The molecule has 1 aromatic heterocycles. The molecule has 0 spiro atoms. The number of fused-ring (bicyclic) bond motifs is 1. The van der Waals surface area contributed by atoms with Gasteiger partial charge in [0.2, 0.25) is 0 Å². The van der Waals surface area contributed by atoms with Crippen molar-refractivity contribution in [2.24, 2.45) is 0 Å². The second kappa shape index (κ2) is 4.57. The van der Waals surface area contributed by atoms with Crippen LogP contribution in [0, 0.1) is 0 Å². The number of thiophene rings is 1. The van der Waals surface area contributed by atoms with E-state index in [-0.39, 0.29) is 5.41 Å². The number of hydrogen-bond acceptors (Lipinski definition) is 3. The van der Waals surface area contributed by atoms with Gasteiger partial charge in [0.25, 0.3) is 0 Å². The van der Waals surface area contributed by atoms with Gasteiger partial charge in [-0.1, -0.05) is 45.0 Å². The number of benzene rings is 1. The highest BCUT2D eigenvalue weighted by Gasteiger charge is 2.20. The van der Waals surface area contributed by atoms with Crippen LogP contribution in [0.5, 0.6) is 11.5 Å². The molecule has 0 bridgehead atoms. The number of rotatable bonds is 1. The van der Waals surface area contributed by atoms with Crippen LogP contribution in [-0.2, 0) is 5.41 Å². The zero-order valence-electron chi connectivity index (χ0n) is 11.5. The highest BCUT2D eigenvalue weighted by Crippen LogP contribution is 2.45. The molecule has 1 aromatic carbocycles. The van der Waals surface area contributed by atoms with Gasteiger partial charge in [-0.05, 0) is 16.5 Å². The van der Waals surface area contributed by atoms with Crippen molar-refractivity contribution in [3.63, 3.8) is 0 Å². The lowest BCUT2D eigenvalue weighted by molar-refractivity contribution is 0.174. The molecule has 19 heavy (non-hydrogen) atoms. The third-order valence-electron chi connectivity index (χ3n) is 3.31. The average molecular weight is 274 g/mol. The van der Waals surface area contributed by atoms with Crippen molar-refractivity contribution in [3.05, 3.63) is 35.2 Å². The Morgan fingerprint density at radius 3 is 2.37 bits per heavy atom. The van der Waals surface area contributed by atoms with Crippen LogP contribution in [0.4, 0.5) is 0 Å². The molecule has 2 heterocycles. The molecule has 100 valence electrons. The number of hydrogen-bond donors (Lipinski definition) is 0. The van der Waals surface area contributed by atoms with Crippen molar-refractivity contribution in [1.82, 2.24) is 0 Å². The largest absolute Gasteiger partial charge is 0.485 e. The van der Waals surface area contributed by atoms with E-state index in [0.29, 0.717) is 13.2 Å². The Morgan fingerprint density at radius 2 is 1.68 bits per heavy atom. The molecule has 0 aliphatic carbocycles. The van der Waals surface area contributed by atoms with Crippen molar-refractivity contribution < 1.29 is 9.47 Å². The van der Waals surface area contributed by atoms with E-state index < -0.39 is 0 Å². The van der Waals surface area contributed by atoms with Crippen LogP contribution in [0.25, 0.3) is 10.4 Å². The highest BCUT2D eigenvalue weighted by atomic mass is 32.1. The van der Waals surface area contributed by atoms with Crippen LogP contribution < -0.4 is 9.47 Å².